The van der Waals surface area contributed by atoms with Gasteiger partial charge in [0.25, 0.3) is 5.91 Å². The van der Waals surface area contributed by atoms with Gasteiger partial charge < -0.3 is 20.1 Å². The van der Waals surface area contributed by atoms with Crippen LogP contribution in [0.2, 0.25) is 0 Å². The molecule has 2 heterocycles. The average Bonchev–Trinajstić information content (AvgIpc) is 3.22. The number of hydrogen-bond donors (Lipinski definition) is 2. The summed E-state index contributed by atoms with van der Waals surface area (Å²) in [7, 11) is 0. The summed E-state index contributed by atoms with van der Waals surface area (Å²) in [5.74, 6) is 1.31. The van der Waals surface area contributed by atoms with Crippen LogP contribution in [0.25, 0.3) is 10.6 Å². The van der Waals surface area contributed by atoms with Gasteiger partial charge in [-0.1, -0.05) is 6.92 Å². The third-order valence-electron chi connectivity index (χ3n) is 3.37. The molecular weight excluding hydrogens is 314 g/mol. The minimum absolute atomic E-state index is 0.147. The van der Waals surface area contributed by atoms with Crippen molar-refractivity contribution in [3.05, 3.63) is 29.3 Å². The van der Waals surface area contributed by atoms with Gasteiger partial charge in [0, 0.05) is 24.0 Å². The predicted molar refractivity (Wildman–Crippen MR) is 89.2 cm³/mol. The van der Waals surface area contributed by atoms with Crippen LogP contribution in [0.1, 0.15) is 23.8 Å². The van der Waals surface area contributed by atoms with Crippen LogP contribution in [-0.4, -0.2) is 37.3 Å². The molecule has 0 radical (unpaired) electrons. The molecule has 1 aromatic heterocycles. The molecule has 0 bridgehead atoms. The van der Waals surface area contributed by atoms with Crippen molar-refractivity contribution < 1.29 is 14.3 Å². The first-order chi connectivity index (χ1) is 11.3. The van der Waals surface area contributed by atoms with Crippen LogP contribution in [0.3, 0.4) is 0 Å². The number of amides is 1. The Bertz CT molecular complexity index is 687. The summed E-state index contributed by atoms with van der Waals surface area (Å²) in [6.45, 7) is 4.67. The van der Waals surface area contributed by atoms with Crippen molar-refractivity contribution in [2.24, 2.45) is 0 Å². The lowest BCUT2D eigenvalue weighted by Gasteiger charge is -2.04. The van der Waals surface area contributed by atoms with Gasteiger partial charge in [-0.2, -0.15) is 0 Å². The Morgan fingerprint density at radius 1 is 1.26 bits per heavy atom. The molecule has 6 nitrogen and oxygen atoms in total. The molecule has 0 fully saturated rings. The topological polar surface area (TPSA) is 72.5 Å². The van der Waals surface area contributed by atoms with E-state index in [2.05, 4.69) is 22.5 Å². The van der Waals surface area contributed by atoms with Gasteiger partial charge in [-0.05, 0) is 31.2 Å². The van der Waals surface area contributed by atoms with Crippen molar-refractivity contribution in [3.8, 4) is 22.1 Å². The molecule has 0 spiro atoms. The Hall–Kier alpha value is -2.12. The van der Waals surface area contributed by atoms with Crippen molar-refractivity contribution >= 4 is 17.2 Å². The van der Waals surface area contributed by atoms with Gasteiger partial charge in [-0.15, -0.1) is 11.3 Å². The number of nitrogens with zero attached hydrogens (tertiary/aromatic N) is 1. The first kappa shape index (κ1) is 15.8. The standard InChI is InChI=1S/C16H19N3O3S/c1-2-5-17-6-7-18-15(20)12-9-23-16(19-12)11-3-4-13-14(8-11)22-10-21-13/h3-4,8-9,17H,2,5-7,10H2,1H3,(H,18,20). The number of aromatic nitrogens is 1. The average molecular weight is 333 g/mol. The maximum atomic E-state index is 12.1. The molecule has 122 valence electrons. The smallest absolute Gasteiger partial charge is 0.270 e. The van der Waals surface area contributed by atoms with E-state index in [9.17, 15) is 4.79 Å². The van der Waals surface area contributed by atoms with E-state index in [4.69, 9.17) is 9.47 Å². The number of thiazole rings is 1. The lowest BCUT2D eigenvalue weighted by molar-refractivity contribution is 0.0949. The van der Waals surface area contributed by atoms with E-state index in [1.54, 1.807) is 5.38 Å². The molecule has 0 saturated heterocycles. The van der Waals surface area contributed by atoms with Gasteiger partial charge in [0.05, 0.1) is 0 Å². The van der Waals surface area contributed by atoms with Crippen LogP contribution < -0.4 is 20.1 Å². The van der Waals surface area contributed by atoms with E-state index in [-0.39, 0.29) is 12.7 Å². The highest BCUT2D eigenvalue weighted by atomic mass is 32.1. The fourth-order valence-corrected chi connectivity index (χ4v) is 2.99. The van der Waals surface area contributed by atoms with Crippen LogP contribution in [0.15, 0.2) is 23.6 Å². The summed E-state index contributed by atoms with van der Waals surface area (Å²) in [6, 6.07) is 5.67. The Balaban J connectivity index is 1.60. The third-order valence-corrected chi connectivity index (χ3v) is 4.26. The van der Waals surface area contributed by atoms with E-state index in [0.717, 1.165) is 35.8 Å². The SMILES string of the molecule is CCCNCCNC(=O)c1csc(-c2ccc3c(c2)OCO3)n1. The second-order valence-corrected chi connectivity index (χ2v) is 5.97. The first-order valence-corrected chi connectivity index (χ1v) is 8.50. The Morgan fingerprint density at radius 3 is 3.00 bits per heavy atom. The lowest BCUT2D eigenvalue weighted by Crippen LogP contribution is -2.32. The molecule has 7 heteroatoms. The number of carbonyl (C=O) groups excluding carboxylic acids is 1. The summed E-state index contributed by atoms with van der Waals surface area (Å²) in [6.07, 6.45) is 1.08. The van der Waals surface area contributed by atoms with Crippen molar-refractivity contribution in [2.75, 3.05) is 26.4 Å². The predicted octanol–water partition coefficient (Wildman–Crippen LogP) is 2.27. The zero-order valence-corrected chi connectivity index (χ0v) is 13.7. The number of carbonyl (C=O) groups is 1. The highest BCUT2D eigenvalue weighted by Crippen LogP contribution is 2.36. The molecular formula is C16H19N3O3S. The minimum atomic E-state index is -0.147. The van der Waals surface area contributed by atoms with Gasteiger partial charge in [-0.3, -0.25) is 4.79 Å². The molecule has 1 aliphatic rings. The highest BCUT2D eigenvalue weighted by molar-refractivity contribution is 7.13. The van der Waals surface area contributed by atoms with Crippen LogP contribution >= 0.6 is 11.3 Å². The third kappa shape index (κ3) is 3.80. The molecule has 0 unspecified atom stereocenters. The van der Waals surface area contributed by atoms with Gasteiger partial charge in [0.1, 0.15) is 10.7 Å². The van der Waals surface area contributed by atoms with E-state index >= 15 is 0 Å². The minimum Gasteiger partial charge on any atom is -0.454 e. The van der Waals surface area contributed by atoms with Crippen molar-refractivity contribution in [2.45, 2.75) is 13.3 Å². The molecule has 1 aliphatic heterocycles. The molecule has 2 aromatic rings. The number of hydrogen-bond acceptors (Lipinski definition) is 6. The monoisotopic (exact) mass is 333 g/mol. The van der Waals surface area contributed by atoms with Gasteiger partial charge in [0.15, 0.2) is 11.5 Å². The number of fused-ring (bicyclic) bond motifs is 1. The van der Waals surface area contributed by atoms with E-state index in [1.165, 1.54) is 11.3 Å². The molecule has 1 amide bonds. The van der Waals surface area contributed by atoms with Crippen LogP contribution in [0.4, 0.5) is 0 Å². The Labute approximate surface area is 138 Å². The number of nitrogens with one attached hydrogen (secondary N) is 2. The quantitative estimate of drug-likeness (QED) is 0.761. The van der Waals surface area contributed by atoms with E-state index < -0.39 is 0 Å². The molecule has 0 aliphatic carbocycles. The fourth-order valence-electron chi connectivity index (χ4n) is 2.20. The fraction of sp³-hybridized carbons (Fsp3) is 0.375. The first-order valence-electron chi connectivity index (χ1n) is 7.62. The zero-order valence-electron chi connectivity index (χ0n) is 12.9. The van der Waals surface area contributed by atoms with Crippen molar-refractivity contribution in [1.82, 2.24) is 15.6 Å². The van der Waals surface area contributed by atoms with Gasteiger partial charge >= 0.3 is 0 Å². The Kier molecular flexibility index (Phi) is 5.09. The number of ether oxygens (including phenoxy) is 2. The molecule has 0 atom stereocenters. The largest absolute Gasteiger partial charge is 0.454 e. The summed E-state index contributed by atoms with van der Waals surface area (Å²) >= 11 is 1.44. The van der Waals surface area contributed by atoms with Gasteiger partial charge in [0.2, 0.25) is 6.79 Å². The molecule has 3 rings (SSSR count). The summed E-state index contributed by atoms with van der Waals surface area (Å²) in [5, 5.41) is 8.66. The zero-order chi connectivity index (χ0) is 16.1. The van der Waals surface area contributed by atoms with E-state index in [1.807, 2.05) is 18.2 Å². The maximum absolute atomic E-state index is 12.1. The Morgan fingerprint density at radius 2 is 2.13 bits per heavy atom. The van der Waals surface area contributed by atoms with Gasteiger partial charge in [-0.25, -0.2) is 4.98 Å². The maximum Gasteiger partial charge on any atom is 0.270 e. The van der Waals surface area contributed by atoms with Crippen molar-refractivity contribution in [3.63, 3.8) is 0 Å². The second kappa shape index (κ2) is 7.43. The highest BCUT2D eigenvalue weighted by Gasteiger charge is 2.16. The number of rotatable bonds is 7. The molecule has 2 N–H and O–H groups in total. The molecule has 1 aromatic carbocycles. The second-order valence-electron chi connectivity index (χ2n) is 5.11. The van der Waals surface area contributed by atoms with Crippen LogP contribution in [-0.2, 0) is 0 Å². The molecule has 23 heavy (non-hydrogen) atoms. The van der Waals surface area contributed by atoms with Crippen LogP contribution in [0, 0.1) is 0 Å². The lowest BCUT2D eigenvalue weighted by atomic mass is 10.2. The summed E-state index contributed by atoms with van der Waals surface area (Å²) in [5.41, 5.74) is 1.36. The van der Waals surface area contributed by atoms with Crippen molar-refractivity contribution in [1.29, 1.82) is 0 Å². The van der Waals surface area contributed by atoms with E-state index in [0.29, 0.717) is 18.0 Å². The normalized spacial score (nSPS) is 12.4. The summed E-state index contributed by atoms with van der Waals surface area (Å²) in [4.78, 5) is 16.5. The molecule has 0 saturated carbocycles. The number of benzene rings is 1. The summed E-state index contributed by atoms with van der Waals surface area (Å²) < 4.78 is 10.7. The van der Waals surface area contributed by atoms with Crippen LogP contribution in [0.5, 0.6) is 11.5 Å².